The highest BCUT2D eigenvalue weighted by molar-refractivity contribution is 7.89. The van der Waals surface area contributed by atoms with Crippen molar-refractivity contribution >= 4 is 22.0 Å². The fraction of sp³-hybridized carbons (Fsp3) is 0.529. The van der Waals surface area contributed by atoms with Crippen molar-refractivity contribution in [3.63, 3.8) is 0 Å². The van der Waals surface area contributed by atoms with Gasteiger partial charge in [0.1, 0.15) is 6.04 Å². The molecule has 0 bridgehead atoms. The zero-order valence-corrected chi connectivity index (χ0v) is 16.0. The van der Waals surface area contributed by atoms with Crippen LogP contribution >= 0.6 is 0 Å². The van der Waals surface area contributed by atoms with Gasteiger partial charge < -0.3 is 16.0 Å². The number of rotatable bonds is 6. The Balaban J connectivity index is 2.02. The predicted molar refractivity (Wildman–Crippen MR) is 97.9 cm³/mol. The molecule has 3 amide bonds. The first-order chi connectivity index (χ1) is 12.3. The van der Waals surface area contributed by atoms with Gasteiger partial charge in [0.25, 0.3) is 0 Å². The molecule has 0 radical (unpaired) electrons. The number of benzene rings is 1. The van der Waals surface area contributed by atoms with Crippen LogP contribution in [0.25, 0.3) is 0 Å². The molecule has 1 aliphatic rings. The Morgan fingerprint density at radius 1 is 1.15 bits per heavy atom. The van der Waals surface area contributed by atoms with Gasteiger partial charge in [0, 0.05) is 26.2 Å². The summed E-state index contributed by atoms with van der Waals surface area (Å²) in [4.78, 5) is 25.5. The maximum absolute atomic E-state index is 12.7. The third-order valence-electron chi connectivity index (χ3n) is 4.40. The predicted octanol–water partition coefficient (Wildman–Crippen LogP) is 0.665. The molecule has 2 rings (SSSR count). The fourth-order valence-corrected chi connectivity index (χ4v) is 4.37. The molecule has 1 fully saturated rings. The van der Waals surface area contributed by atoms with Crippen LogP contribution in [0.15, 0.2) is 29.2 Å². The van der Waals surface area contributed by atoms with Gasteiger partial charge in [-0.1, -0.05) is 31.0 Å². The maximum Gasteiger partial charge on any atom is 0.312 e. The molecule has 8 nitrogen and oxygen atoms in total. The topological polar surface area (TPSA) is 113 Å². The SMILES string of the molecule is CCCC(NC(N)=O)C(=O)N1CCN(S(=O)(=O)c2ccc(C)cc2)CC1. The Bertz CT molecular complexity index is 741. The molecule has 1 atom stereocenters. The lowest BCUT2D eigenvalue weighted by Crippen LogP contribution is -2.56. The minimum absolute atomic E-state index is 0.220. The second-order valence-corrected chi connectivity index (χ2v) is 8.33. The summed E-state index contributed by atoms with van der Waals surface area (Å²) in [6, 6.07) is 5.30. The van der Waals surface area contributed by atoms with Gasteiger partial charge in [-0.15, -0.1) is 0 Å². The molecular weight excluding hydrogens is 356 g/mol. The molecule has 3 N–H and O–H groups in total. The second kappa shape index (κ2) is 8.50. The minimum atomic E-state index is -3.57. The number of amides is 3. The average molecular weight is 382 g/mol. The lowest BCUT2D eigenvalue weighted by molar-refractivity contribution is -0.134. The van der Waals surface area contributed by atoms with Crippen molar-refractivity contribution < 1.29 is 18.0 Å². The Kier molecular flexibility index (Phi) is 6.60. The van der Waals surface area contributed by atoms with E-state index in [1.54, 1.807) is 29.2 Å². The van der Waals surface area contributed by atoms with Crippen LogP contribution in [-0.4, -0.2) is 61.8 Å². The van der Waals surface area contributed by atoms with Crippen LogP contribution in [-0.2, 0) is 14.8 Å². The summed E-state index contributed by atoms with van der Waals surface area (Å²) in [5.41, 5.74) is 6.13. The lowest BCUT2D eigenvalue weighted by atomic mass is 10.1. The summed E-state index contributed by atoms with van der Waals surface area (Å²) in [5.74, 6) is -0.224. The quantitative estimate of drug-likeness (QED) is 0.752. The molecular formula is C17H26N4O4S. The number of nitrogens with one attached hydrogen (secondary N) is 1. The largest absolute Gasteiger partial charge is 0.352 e. The summed E-state index contributed by atoms with van der Waals surface area (Å²) in [6.45, 7) is 4.81. The summed E-state index contributed by atoms with van der Waals surface area (Å²) in [5, 5.41) is 2.47. The van der Waals surface area contributed by atoms with Crippen LogP contribution in [0.2, 0.25) is 0 Å². The molecule has 1 aliphatic heterocycles. The van der Waals surface area contributed by atoms with E-state index in [9.17, 15) is 18.0 Å². The summed E-state index contributed by atoms with van der Waals surface area (Å²) < 4.78 is 26.8. The van der Waals surface area contributed by atoms with Crippen molar-refractivity contribution in [1.29, 1.82) is 0 Å². The number of aryl methyl sites for hydroxylation is 1. The summed E-state index contributed by atoms with van der Waals surface area (Å²) in [6.07, 6.45) is 1.21. The number of nitrogens with two attached hydrogens (primary N) is 1. The van der Waals surface area contributed by atoms with Crippen LogP contribution in [0.4, 0.5) is 4.79 Å². The number of carbonyl (C=O) groups is 2. The van der Waals surface area contributed by atoms with Crippen molar-refractivity contribution in [2.45, 2.75) is 37.6 Å². The Labute approximate surface area is 154 Å². The molecule has 1 aromatic carbocycles. The molecule has 0 aliphatic carbocycles. The van der Waals surface area contributed by atoms with Gasteiger partial charge in [-0.3, -0.25) is 4.79 Å². The Morgan fingerprint density at radius 3 is 2.23 bits per heavy atom. The van der Waals surface area contributed by atoms with E-state index in [-0.39, 0.29) is 37.0 Å². The highest BCUT2D eigenvalue weighted by atomic mass is 32.2. The number of hydrogen-bond acceptors (Lipinski definition) is 4. The number of carbonyl (C=O) groups excluding carboxylic acids is 2. The number of hydrogen-bond donors (Lipinski definition) is 2. The highest BCUT2D eigenvalue weighted by Gasteiger charge is 2.32. The second-order valence-electron chi connectivity index (χ2n) is 6.39. The Hall–Kier alpha value is -2.13. The van der Waals surface area contributed by atoms with Crippen molar-refractivity contribution in [1.82, 2.24) is 14.5 Å². The first-order valence-electron chi connectivity index (χ1n) is 8.67. The van der Waals surface area contributed by atoms with Gasteiger partial charge in [0.2, 0.25) is 15.9 Å². The lowest BCUT2D eigenvalue weighted by Gasteiger charge is -2.35. The molecule has 1 heterocycles. The van der Waals surface area contributed by atoms with Crippen molar-refractivity contribution in [2.24, 2.45) is 5.73 Å². The fourth-order valence-electron chi connectivity index (χ4n) is 2.95. The van der Waals surface area contributed by atoms with Crippen LogP contribution in [0.5, 0.6) is 0 Å². The standard InChI is InChI=1S/C17H26N4O4S/c1-3-4-15(19-17(18)23)16(22)20-9-11-21(12-10-20)26(24,25)14-7-5-13(2)6-8-14/h5-8,15H,3-4,9-12H2,1-2H3,(H3,18,19,23). The zero-order chi connectivity index (χ0) is 19.3. The number of nitrogens with zero attached hydrogens (tertiary/aromatic N) is 2. The first-order valence-corrected chi connectivity index (χ1v) is 10.1. The van der Waals surface area contributed by atoms with Crippen LogP contribution in [0, 0.1) is 6.92 Å². The van der Waals surface area contributed by atoms with Crippen LogP contribution < -0.4 is 11.1 Å². The third kappa shape index (κ3) is 4.73. The molecule has 9 heteroatoms. The van der Waals surface area contributed by atoms with E-state index in [1.807, 2.05) is 13.8 Å². The smallest absolute Gasteiger partial charge is 0.312 e. The highest BCUT2D eigenvalue weighted by Crippen LogP contribution is 2.18. The number of urea groups is 1. The molecule has 1 unspecified atom stereocenters. The number of primary amides is 1. The number of piperazine rings is 1. The molecule has 0 aromatic heterocycles. The van der Waals surface area contributed by atoms with Gasteiger partial charge >= 0.3 is 6.03 Å². The molecule has 26 heavy (non-hydrogen) atoms. The van der Waals surface area contributed by atoms with E-state index in [0.717, 1.165) is 12.0 Å². The average Bonchev–Trinajstić information content (AvgIpc) is 2.61. The summed E-state index contributed by atoms with van der Waals surface area (Å²) in [7, 11) is -3.57. The normalized spacial score (nSPS) is 16.9. The Morgan fingerprint density at radius 2 is 1.73 bits per heavy atom. The monoisotopic (exact) mass is 382 g/mol. The molecule has 0 spiro atoms. The van der Waals surface area contributed by atoms with Gasteiger partial charge in [-0.2, -0.15) is 4.31 Å². The van der Waals surface area contributed by atoms with E-state index < -0.39 is 22.1 Å². The maximum atomic E-state index is 12.7. The van der Waals surface area contributed by atoms with Crippen LogP contribution in [0.3, 0.4) is 0 Å². The van der Waals surface area contributed by atoms with Crippen molar-refractivity contribution in [3.8, 4) is 0 Å². The molecule has 0 saturated carbocycles. The molecule has 1 saturated heterocycles. The molecule has 144 valence electrons. The van der Waals surface area contributed by atoms with Gasteiger partial charge in [-0.05, 0) is 25.5 Å². The third-order valence-corrected chi connectivity index (χ3v) is 6.31. The van der Waals surface area contributed by atoms with Gasteiger partial charge in [0.15, 0.2) is 0 Å². The van der Waals surface area contributed by atoms with Crippen molar-refractivity contribution in [2.75, 3.05) is 26.2 Å². The van der Waals surface area contributed by atoms with E-state index >= 15 is 0 Å². The number of sulfonamides is 1. The van der Waals surface area contributed by atoms with E-state index in [1.165, 1.54) is 4.31 Å². The van der Waals surface area contributed by atoms with Crippen molar-refractivity contribution in [3.05, 3.63) is 29.8 Å². The zero-order valence-electron chi connectivity index (χ0n) is 15.1. The van der Waals surface area contributed by atoms with E-state index in [4.69, 9.17) is 5.73 Å². The minimum Gasteiger partial charge on any atom is -0.352 e. The van der Waals surface area contributed by atoms with Crippen LogP contribution in [0.1, 0.15) is 25.3 Å². The van der Waals surface area contributed by atoms with E-state index in [2.05, 4.69) is 5.32 Å². The first kappa shape index (κ1) is 20.2. The van der Waals surface area contributed by atoms with Gasteiger partial charge in [-0.25, -0.2) is 13.2 Å². The van der Waals surface area contributed by atoms with Gasteiger partial charge in [0.05, 0.1) is 4.90 Å². The summed E-state index contributed by atoms with van der Waals surface area (Å²) >= 11 is 0. The molecule has 1 aromatic rings. The van der Waals surface area contributed by atoms with E-state index in [0.29, 0.717) is 6.42 Å².